The second kappa shape index (κ2) is 6.37. The van der Waals surface area contributed by atoms with Gasteiger partial charge in [-0.3, -0.25) is 0 Å². The topological polar surface area (TPSA) is 81.4 Å². The number of methoxy groups -OCH3 is 1. The fourth-order valence-corrected chi connectivity index (χ4v) is 2.47. The molecule has 6 nitrogen and oxygen atoms in total. The minimum atomic E-state index is -1.26. The Balaban J connectivity index is 2.34. The molecule has 0 saturated carbocycles. The van der Waals surface area contributed by atoms with Crippen LogP contribution in [0, 0.1) is 0 Å². The quantitative estimate of drug-likeness (QED) is 0.747. The monoisotopic (exact) mass is 322 g/mol. The van der Waals surface area contributed by atoms with Gasteiger partial charge in [-0.2, -0.15) is 5.10 Å². The molecule has 0 radical (unpaired) electrons. The smallest absolute Gasteiger partial charge is 0.355 e. The average molecular weight is 322 g/mol. The minimum Gasteiger partial charge on any atom is -0.476 e. The maximum absolute atomic E-state index is 12.2. The van der Waals surface area contributed by atoms with Crippen LogP contribution in [0.1, 0.15) is 20.8 Å². The van der Waals surface area contributed by atoms with Crippen molar-refractivity contribution in [1.29, 1.82) is 0 Å². The van der Waals surface area contributed by atoms with Gasteiger partial charge in [0.15, 0.2) is 5.69 Å². The van der Waals surface area contributed by atoms with E-state index in [1.165, 1.54) is 11.8 Å². The zero-order chi connectivity index (χ0) is 17.1. The summed E-state index contributed by atoms with van der Waals surface area (Å²) in [4.78, 5) is 24.1. The molecule has 0 aliphatic carbocycles. The first-order valence-corrected chi connectivity index (χ1v) is 7.19. The molecule has 0 atom stereocenters. The van der Waals surface area contributed by atoms with Gasteiger partial charge < -0.3 is 9.84 Å². The third-order valence-electron chi connectivity index (χ3n) is 3.53. The number of rotatable bonds is 4. The number of nitrogens with zero attached hydrogens (tertiary/aromatic N) is 2. The van der Waals surface area contributed by atoms with Crippen molar-refractivity contribution in [2.24, 2.45) is 0 Å². The highest BCUT2D eigenvalue weighted by Crippen LogP contribution is 2.28. The molecule has 1 heterocycles. The van der Waals surface area contributed by atoms with Crippen LogP contribution < -0.4 is 0 Å². The molecule has 2 aromatic carbocycles. The number of carboxylic acids is 1. The first-order valence-electron chi connectivity index (χ1n) is 7.19. The predicted molar refractivity (Wildman–Crippen MR) is 87.3 cm³/mol. The number of carbonyl (C=O) groups excluding carboxylic acids is 1. The number of hydrogen-bond donors (Lipinski definition) is 1. The number of ether oxygens (including phenoxy) is 1. The molecule has 0 amide bonds. The summed E-state index contributed by atoms with van der Waals surface area (Å²) >= 11 is 0. The SMILES string of the molecule is COC(=O)c1c(-c2ccccc2)nn(-c2ccccc2)c1C(=O)O. The molecule has 0 spiro atoms. The Hall–Kier alpha value is -3.41. The van der Waals surface area contributed by atoms with Crippen LogP contribution in [0.3, 0.4) is 0 Å². The summed E-state index contributed by atoms with van der Waals surface area (Å²) in [5.74, 6) is -2.00. The van der Waals surface area contributed by atoms with Crippen LogP contribution in [0.2, 0.25) is 0 Å². The number of aromatic nitrogens is 2. The number of aromatic carboxylic acids is 1. The maximum Gasteiger partial charge on any atom is 0.355 e. The normalized spacial score (nSPS) is 10.4. The van der Waals surface area contributed by atoms with Gasteiger partial charge in [-0.05, 0) is 12.1 Å². The lowest BCUT2D eigenvalue weighted by Gasteiger charge is -2.04. The van der Waals surface area contributed by atoms with Gasteiger partial charge in [0.2, 0.25) is 0 Å². The molecule has 0 aliphatic heterocycles. The van der Waals surface area contributed by atoms with Gasteiger partial charge in [0.1, 0.15) is 11.3 Å². The minimum absolute atomic E-state index is 0.0694. The zero-order valence-corrected chi connectivity index (χ0v) is 12.8. The molecule has 3 aromatic rings. The van der Waals surface area contributed by atoms with Crippen molar-refractivity contribution in [1.82, 2.24) is 9.78 Å². The van der Waals surface area contributed by atoms with Crippen molar-refractivity contribution in [2.45, 2.75) is 0 Å². The molecule has 1 N–H and O–H groups in total. The van der Waals surface area contributed by atoms with Crippen LogP contribution in [-0.2, 0) is 4.74 Å². The lowest BCUT2D eigenvalue weighted by molar-refractivity contribution is 0.0581. The molecule has 6 heteroatoms. The fourth-order valence-electron chi connectivity index (χ4n) is 2.47. The van der Waals surface area contributed by atoms with Crippen molar-refractivity contribution in [3.63, 3.8) is 0 Å². The largest absolute Gasteiger partial charge is 0.476 e. The highest BCUT2D eigenvalue weighted by molar-refractivity contribution is 6.06. The molecule has 24 heavy (non-hydrogen) atoms. The molecule has 0 saturated heterocycles. The van der Waals surface area contributed by atoms with Crippen LogP contribution >= 0.6 is 0 Å². The Morgan fingerprint density at radius 1 is 1.00 bits per heavy atom. The van der Waals surface area contributed by atoms with Crippen molar-refractivity contribution in [3.8, 4) is 16.9 Å². The van der Waals surface area contributed by atoms with E-state index in [1.807, 2.05) is 12.1 Å². The maximum atomic E-state index is 12.2. The van der Waals surface area contributed by atoms with Gasteiger partial charge in [-0.15, -0.1) is 0 Å². The summed E-state index contributed by atoms with van der Waals surface area (Å²) in [6.07, 6.45) is 0. The van der Waals surface area contributed by atoms with Crippen molar-refractivity contribution in [2.75, 3.05) is 7.11 Å². The summed E-state index contributed by atoms with van der Waals surface area (Å²) in [6, 6.07) is 17.7. The van der Waals surface area contributed by atoms with Gasteiger partial charge in [0.05, 0.1) is 12.8 Å². The van der Waals surface area contributed by atoms with Crippen molar-refractivity contribution in [3.05, 3.63) is 71.9 Å². The lowest BCUT2D eigenvalue weighted by Crippen LogP contribution is -2.13. The van der Waals surface area contributed by atoms with Crippen LogP contribution in [0.4, 0.5) is 0 Å². The third-order valence-corrected chi connectivity index (χ3v) is 3.53. The predicted octanol–water partition coefficient (Wildman–Crippen LogP) is 3.02. The van der Waals surface area contributed by atoms with E-state index in [9.17, 15) is 14.7 Å². The van der Waals surface area contributed by atoms with E-state index in [2.05, 4.69) is 5.10 Å². The Kier molecular flexibility index (Phi) is 4.11. The van der Waals surface area contributed by atoms with Crippen LogP contribution in [0.25, 0.3) is 16.9 Å². The number of carboxylic acid groups (broad SMARTS) is 1. The van der Waals surface area contributed by atoms with Crippen LogP contribution in [0.15, 0.2) is 60.7 Å². The van der Waals surface area contributed by atoms with Crippen LogP contribution in [-0.4, -0.2) is 33.9 Å². The molecule has 0 fully saturated rings. The van der Waals surface area contributed by atoms with Crippen molar-refractivity contribution >= 4 is 11.9 Å². The Bertz CT molecular complexity index is 886. The summed E-state index contributed by atoms with van der Waals surface area (Å²) in [5, 5.41) is 14.0. The summed E-state index contributed by atoms with van der Waals surface area (Å²) in [7, 11) is 1.21. The molecule has 0 unspecified atom stereocenters. The average Bonchev–Trinajstić information content (AvgIpc) is 3.03. The van der Waals surface area contributed by atoms with Gasteiger partial charge in [0, 0.05) is 5.56 Å². The van der Waals surface area contributed by atoms with E-state index in [-0.39, 0.29) is 17.0 Å². The second-order valence-electron chi connectivity index (χ2n) is 4.98. The lowest BCUT2D eigenvalue weighted by atomic mass is 10.1. The standard InChI is InChI=1S/C18H14N2O4/c1-24-18(23)14-15(12-8-4-2-5-9-12)19-20(16(14)17(21)22)13-10-6-3-7-11-13/h2-11H,1H3,(H,21,22). The van der Waals surface area contributed by atoms with Gasteiger partial charge >= 0.3 is 11.9 Å². The molecule has 120 valence electrons. The molecular formula is C18H14N2O4. The first-order chi connectivity index (χ1) is 11.6. The fraction of sp³-hybridized carbons (Fsp3) is 0.0556. The van der Waals surface area contributed by atoms with Gasteiger partial charge in [-0.25, -0.2) is 14.3 Å². The van der Waals surface area contributed by atoms with E-state index in [1.54, 1.807) is 48.5 Å². The van der Waals surface area contributed by atoms with Crippen LogP contribution in [0.5, 0.6) is 0 Å². The number of esters is 1. The number of benzene rings is 2. The highest BCUT2D eigenvalue weighted by atomic mass is 16.5. The second-order valence-corrected chi connectivity index (χ2v) is 4.98. The zero-order valence-electron chi connectivity index (χ0n) is 12.8. The molecule has 0 bridgehead atoms. The van der Waals surface area contributed by atoms with E-state index in [0.29, 0.717) is 11.3 Å². The third kappa shape index (κ3) is 2.65. The Morgan fingerprint density at radius 3 is 2.12 bits per heavy atom. The molecule has 3 rings (SSSR count). The highest BCUT2D eigenvalue weighted by Gasteiger charge is 2.30. The molecule has 0 aliphatic rings. The summed E-state index contributed by atoms with van der Waals surface area (Å²) in [6.45, 7) is 0. The first kappa shape index (κ1) is 15.5. The summed E-state index contributed by atoms with van der Waals surface area (Å²) in [5.41, 5.74) is 1.15. The van der Waals surface area contributed by atoms with Gasteiger partial charge in [-0.1, -0.05) is 48.5 Å². The Morgan fingerprint density at radius 2 is 1.58 bits per heavy atom. The molecular weight excluding hydrogens is 308 g/mol. The molecule has 1 aromatic heterocycles. The van der Waals surface area contributed by atoms with E-state index >= 15 is 0 Å². The Labute approximate surface area is 137 Å². The van der Waals surface area contributed by atoms with E-state index in [4.69, 9.17) is 4.74 Å². The number of para-hydroxylation sites is 1. The van der Waals surface area contributed by atoms with E-state index in [0.717, 1.165) is 0 Å². The van der Waals surface area contributed by atoms with Crippen molar-refractivity contribution < 1.29 is 19.4 Å². The van der Waals surface area contributed by atoms with E-state index < -0.39 is 11.9 Å². The number of hydrogen-bond acceptors (Lipinski definition) is 4. The van der Waals surface area contributed by atoms with Gasteiger partial charge in [0.25, 0.3) is 0 Å². The summed E-state index contributed by atoms with van der Waals surface area (Å²) < 4.78 is 6.03. The number of carbonyl (C=O) groups is 2.